The van der Waals surface area contributed by atoms with Crippen LogP contribution in [0.2, 0.25) is 0 Å². The van der Waals surface area contributed by atoms with Gasteiger partial charge in [0.25, 0.3) is 0 Å². The van der Waals surface area contributed by atoms with Crippen molar-refractivity contribution in [2.75, 3.05) is 0 Å². The first kappa shape index (κ1) is 16.5. The molecule has 0 aliphatic rings. The van der Waals surface area contributed by atoms with Gasteiger partial charge in [-0.15, -0.1) is 0 Å². The molecule has 0 spiro atoms. The van der Waals surface area contributed by atoms with Gasteiger partial charge in [0, 0.05) is 0 Å². The average Bonchev–Trinajstić information content (AvgIpc) is 2.34. The van der Waals surface area contributed by atoms with Crippen LogP contribution in [-0.4, -0.2) is 4.68 Å². The van der Waals surface area contributed by atoms with Crippen LogP contribution in [0.3, 0.4) is 0 Å². The third-order valence-corrected chi connectivity index (χ3v) is 3.58. The zero-order valence-corrected chi connectivity index (χ0v) is 12.0. The summed E-state index contributed by atoms with van der Waals surface area (Å²) in [7, 11) is 0. The van der Waals surface area contributed by atoms with Crippen LogP contribution >= 0.6 is 0 Å². The van der Waals surface area contributed by atoms with Crippen molar-refractivity contribution in [3.8, 4) is 6.19 Å². The number of hydrogen-bond acceptors (Lipinski definition) is 3. The maximum atomic E-state index is 11.2. The number of unbranched alkanes of at least 4 members (excludes halogenated alkanes) is 8. The van der Waals surface area contributed by atoms with Crippen LogP contribution in [0.4, 0.5) is 0 Å². The maximum absolute atomic E-state index is 11.2. The second-order valence-electron chi connectivity index (χ2n) is 4.23. The van der Waals surface area contributed by atoms with E-state index in [1.54, 1.807) is 6.19 Å². The van der Waals surface area contributed by atoms with Crippen molar-refractivity contribution in [3.63, 3.8) is 0 Å². The van der Waals surface area contributed by atoms with E-state index in [2.05, 4.69) is 11.3 Å². The summed E-state index contributed by atoms with van der Waals surface area (Å²) in [5, 5.41) is 8.24. The summed E-state index contributed by atoms with van der Waals surface area (Å²) in [4.78, 5) is 11.2. The molecule has 1 N–H and O–H groups in total. The van der Waals surface area contributed by atoms with E-state index >= 15 is 0 Å². The summed E-state index contributed by atoms with van der Waals surface area (Å²) in [5.74, 6) is 0. The van der Waals surface area contributed by atoms with Crippen LogP contribution in [0.25, 0.3) is 0 Å². The Labute approximate surface area is 112 Å². The van der Waals surface area contributed by atoms with E-state index in [9.17, 15) is 4.79 Å². The minimum absolute atomic E-state index is 0.0613. The van der Waals surface area contributed by atoms with Gasteiger partial charge in [-0.1, -0.05) is 0 Å². The molecular weight excluding hydrogens is 255 g/mol. The van der Waals surface area contributed by atoms with E-state index in [4.69, 9.17) is 5.26 Å². The fraction of sp³-hybridized carbons (Fsp3) is 0.846. The van der Waals surface area contributed by atoms with Gasteiger partial charge in [0.1, 0.15) is 0 Å². The standard InChI is InChI=1S/C12H23O.CHN2.Mn/c1-2-3-4-5-6-7-8-9-10-11-12-13;2-1-3;/h2-11H2,1H3;2H;/q;-1;+1. The van der Waals surface area contributed by atoms with Crippen molar-refractivity contribution in [3.05, 3.63) is 0 Å². The minimum atomic E-state index is -0.0613. The molecule has 0 aromatic rings. The molecule has 0 fully saturated rings. The molecule has 0 amide bonds. The Morgan fingerprint density at radius 1 is 1.06 bits per heavy atom. The normalized spacial score (nSPS) is 9.88. The first-order valence-electron chi connectivity index (χ1n) is 6.62. The first-order chi connectivity index (χ1) is 8.31. The van der Waals surface area contributed by atoms with E-state index in [1.165, 1.54) is 44.9 Å². The van der Waals surface area contributed by atoms with Gasteiger partial charge >= 0.3 is 112 Å². The third-order valence-electron chi connectivity index (χ3n) is 2.67. The number of hydrogen-bond donors (Lipinski definition) is 1. The number of nitriles is 1. The van der Waals surface area contributed by atoms with Crippen LogP contribution < -0.4 is 4.33 Å². The van der Waals surface area contributed by atoms with Gasteiger partial charge < -0.3 is 0 Å². The van der Waals surface area contributed by atoms with E-state index in [0.29, 0.717) is 6.42 Å². The van der Waals surface area contributed by atoms with Crippen molar-refractivity contribution in [2.45, 2.75) is 71.1 Å². The topological polar surface area (TPSA) is 52.9 Å². The predicted octanol–water partition coefficient (Wildman–Crippen LogP) is 3.50. The number of carbonyl (C=O) groups is 1. The van der Waals surface area contributed by atoms with Gasteiger partial charge in [0.2, 0.25) is 0 Å². The molecule has 4 heteroatoms. The summed E-state index contributed by atoms with van der Waals surface area (Å²) in [6.45, 7) is 2.24. The Hall–Kier alpha value is -0.521. The molecule has 0 heterocycles. The molecule has 3 nitrogen and oxygen atoms in total. The van der Waals surface area contributed by atoms with Crippen LogP contribution in [0.15, 0.2) is 0 Å². The summed E-state index contributed by atoms with van der Waals surface area (Å²) < 4.78 is 2.59. The molecule has 0 unspecified atom stereocenters. The molecule has 0 bridgehead atoms. The molecule has 0 aliphatic heterocycles. The van der Waals surface area contributed by atoms with Gasteiger partial charge in [-0.3, -0.25) is 0 Å². The van der Waals surface area contributed by atoms with Crippen molar-refractivity contribution >= 4 is 4.68 Å². The van der Waals surface area contributed by atoms with Crippen LogP contribution in [0.1, 0.15) is 71.1 Å². The summed E-state index contributed by atoms with van der Waals surface area (Å²) in [5.41, 5.74) is 0. The number of carbonyl (C=O) groups excluding carboxylic acids is 1. The Kier molecular flexibility index (Phi) is 13.1. The molecule has 0 aliphatic carbocycles. The molecule has 0 saturated heterocycles. The molecule has 0 saturated carbocycles. The average molecular weight is 279 g/mol. The second-order valence-corrected chi connectivity index (χ2v) is 5.48. The molecule has 99 valence electrons. The quantitative estimate of drug-likeness (QED) is 0.257. The van der Waals surface area contributed by atoms with E-state index in [0.717, 1.165) is 12.8 Å². The van der Waals surface area contributed by atoms with E-state index in [1.807, 2.05) is 0 Å². The van der Waals surface area contributed by atoms with Crippen LogP contribution in [0, 0.1) is 11.5 Å². The monoisotopic (exact) mass is 279 g/mol. The SMILES string of the molecule is CCCCCCCCCCC[C](=O)[Mn][NH]C#N. The van der Waals surface area contributed by atoms with Crippen molar-refractivity contribution in [1.82, 2.24) is 4.33 Å². The molecule has 0 radical (unpaired) electrons. The molecule has 0 aromatic carbocycles. The third kappa shape index (κ3) is 13.4. The zero-order valence-electron chi connectivity index (χ0n) is 10.8. The predicted molar refractivity (Wildman–Crippen MR) is 65.6 cm³/mol. The fourth-order valence-corrected chi connectivity index (χ4v) is 2.28. The van der Waals surface area contributed by atoms with Crippen molar-refractivity contribution in [2.24, 2.45) is 0 Å². The van der Waals surface area contributed by atoms with Gasteiger partial charge in [0.05, 0.1) is 0 Å². The second kappa shape index (κ2) is 13.5. The van der Waals surface area contributed by atoms with Gasteiger partial charge in [0.15, 0.2) is 0 Å². The Morgan fingerprint density at radius 2 is 1.59 bits per heavy atom. The molecule has 17 heavy (non-hydrogen) atoms. The van der Waals surface area contributed by atoms with Crippen molar-refractivity contribution in [1.29, 1.82) is 5.26 Å². The number of nitrogens with one attached hydrogen (secondary N) is 1. The van der Waals surface area contributed by atoms with Crippen molar-refractivity contribution < 1.29 is 20.0 Å². The first-order valence-corrected chi connectivity index (χ1v) is 7.80. The number of rotatable bonds is 12. The zero-order chi connectivity index (χ0) is 12.8. The van der Waals surface area contributed by atoms with E-state index < -0.39 is 0 Å². The van der Waals surface area contributed by atoms with Gasteiger partial charge in [-0.2, -0.15) is 0 Å². The molecule has 0 aromatic heterocycles. The van der Waals surface area contributed by atoms with Gasteiger partial charge in [-0.05, 0) is 0 Å². The van der Waals surface area contributed by atoms with E-state index in [-0.39, 0.29) is 19.9 Å². The molecule has 0 rings (SSSR count). The van der Waals surface area contributed by atoms with Gasteiger partial charge in [-0.25, -0.2) is 0 Å². The molecular formula is C13H24MnN2O. The summed E-state index contributed by atoms with van der Waals surface area (Å²) >= 11 is -0.0613. The fourth-order valence-electron chi connectivity index (χ4n) is 1.70. The van der Waals surface area contributed by atoms with Crippen LogP contribution in [-0.2, 0) is 20.0 Å². The Balaban J connectivity index is 3.08. The Bertz CT molecular complexity index is 226. The summed E-state index contributed by atoms with van der Waals surface area (Å²) in [6, 6.07) is 0. The summed E-state index contributed by atoms with van der Waals surface area (Å²) in [6.07, 6.45) is 13.8. The van der Waals surface area contributed by atoms with Crippen LogP contribution in [0.5, 0.6) is 0 Å². The Morgan fingerprint density at radius 3 is 2.12 bits per heavy atom. The molecule has 0 atom stereocenters. The number of nitrogens with zero attached hydrogens (tertiary/aromatic N) is 1.